The molecule has 0 saturated heterocycles. The summed E-state index contributed by atoms with van der Waals surface area (Å²) in [5.74, 6) is -0.223. The highest BCUT2D eigenvalue weighted by Gasteiger charge is 2.11. The van der Waals surface area contributed by atoms with E-state index in [1.54, 1.807) is 18.2 Å². The van der Waals surface area contributed by atoms with Gasteiger partial charge in [0.15, 0.2) is 0 Å². The first-order chi connectivity index (χ1) is 8.97. The number of anilines is 1. The third-order valence-electron chi connectivity index (χ3n) is 2.59. The Hall–Kier alpha value is -0.840. The zero-order valence-corrected chi connectivity index (χ0v) is 13.9. The summed E-state index contributed by atoms with van der Waals surface area (Å²) in [6.07, 6.45) is 0. The smallest absolute Gasteiger partial charge is 0.257 e. The number of aryl methyl sites for hydroxylation is 1. The third kappa shape index (κ3) is 3.59. The highest BCUT2D eigenvalue weighted by molar-refractivity contribution is 9.10. The van der Waals surface area contributed by atoms with Crippen molar-refractivity contribution in [3.05, 3.63) is 61.5 Å². The highest BCUT2D eigenvalue weighted by atomic mass is 79.9. The van der Waals surface area contributed by atoms with Crippen molar-refractivity contribution < 1.29 is 4.79 Å². The van der Waals surface area contributed by atoms with Gasteiger partial charge < -0.3 is 5.32 Å². The van der Waals surface area contributed by atoms with Gasteiger partial charge in [-0.15, -0.1) is 0 Å². The van der Waals surface area contributed by atoms with Crippen LogP contribution in [-0.2, 0) is 0 Å². The molecule has 0 aliphatic carbocycles. The van der Waals surface area contributed by atoms with E-state index in [2.05, 4.69) is 37.2 Å². The fraction of sp³-hybridized carbons (Fsp3) is 0.0714. The van der Waals surface area contributed by atoms with Crippen molar-refractivity contribution in [1.82, 2.24) is 0 Å². The molecule has 2 rings (SSSR count). The van der Waals surface area contributed by atoms with Gasteiger partial charge in [-0.1, -0.05) is 43.5 Å². The Morgan fingerprint density at radius 2 is 1.89 bits per heavy atom. The summed E-state index contributed by atoms with van der Waals surface area (Å²) >= 11 is 12.8. The topological polar surface area (TPSA) is 29.1 Å². The number of carbonyl (C=O) groups excluding carboxylic acids is 1. The van der Waals surface area contributed by atoms with E-state index in [9.17, 15) is 4.79 Å². The molecule has 0 aromatic heterocycles. The Kier molecular flexibility index (Phi) is 4.66. The van der Waals surface area contributed by atoms with Gasteiger partial charge in [0.2, 0.25) is 0 Å². The average Bonchev–Trinajstić information content (AvgIpc) is 2.33. The first-order valence-corrected chi connectivity index (χ1v) is 7.46. The van der Waals surface area contributed by atoms with Crippen LogP contribution in [0.15, 0.2) is 45.3 Å². The molecule has 0 radical (unpaired) electrons. The fourth-order valence-electron chi connectivity index (χ4n) is 1.59. The van der Waals surface area contributed by atoms with Crippen LogP contribution in [0.4, 0.5) is 5.69 Å². The van der Waals surface area contributed by atoms with Crippen molar-refractivity contribution in [2.24, 2.45) is 0 Å². The van der Waals surface area contributed by atoms with E-state index in [0.717, 1.165) is 20.2 Å². The molecule has 0 saturated carbocycles. The van der Waals surface area contributed by atoms with Gasteiger partial charge in [-0.25, -0.2) is 0 Å². The molecule has 0 unspecified atom stereocenters. The molecule has 1 N–H and O–H groups in total. The van der Waals surface area contributed by atoms with Gasteiger partial charge in [0.25, 0.3) is 5.91 Å². The Balaban J connectivity index is 2.23. The first kappa shape index (κ1) is 14.6. The Labute approximate surface area is 133 Å². The lowest BCUT2D eigenvalue weighted by molar-refractivity contribution is 0.102. The number of rotatable bonds is 2. The molecule has 2 aromatic carbocycles. The Bertz CT molecular complexity index is 643. The van der Waals surface area contributed by atoms with Crippen LogP contribution in [0.3, 0.4) is 0 Å². The Morgan fingerprint density at radius 1 is 1.16 bits per heavy atom. The minimum atomic E-state index is -0.223. The summed E-state index contributed by atoms with van der Waals surface area (Å²) in [6, 6.07) is 10.8. The fourth-order valence-corrected chi connectivity index (χ4v) is 2.60. The van der Waals surface area contributed by atoms with Gasteiger partial charge in [0, 0.05) is 14.6 Å². The quantitative estimate of drug-likeness (QED) is 0.712. The lowest BCUT2D eigenvalue weighted by Crippen LogP contribution is -2.12. The van der Waals surface area contributed by atoms with E-state index < -0.39 is 0 Å². The van der Waals surface area contributed by atoms with E-state index in [1.165, 1.54) is 0 Å². The maximum atomic E-state index is 12.1. The van der Waals surface area contributed by atoms with Gasteiger partial charge in [-0.3, -0.25) is 4.79 Å². The molecule has 0 atom stereocenters. The van der Waals surface area contributed by atoms with Crippen LogP contribution in [0, 0.1) is 6.92 Å². The summed E-state index contributed by atoms with van der Waals surface area (Å²) < 4.78 is 1.85. The van der Waals surface area contributed by atoms with Crippen molar-refractivity contribution in [3.63, 3.8) is 0 Å². The normalized spacial score (nSPS) is 10.3. The van der Waals surface area contributed by atoms with E-state index in [0.29, 0.717) is 10.6 Å². The predicted octanol–water partition coefficient (Wildman–Crippen LogP) is 5.43. The van der Waals surface area contributed by atoms with Crippen LogP contribution < -0.4 is 5.32 Å². The standard InChI is InChI=1S/C14H10Br2ClNO/c1-8-6-10(3-5-12(8)16)18-14(19)11-4-2-9(15)7-13(11)17/h2-7H,1H3,(H,18,19). The lowest BCUT2D eigenvalue weighted by Gasteiger charge is -2.08. The Morgan fingerprint density at radius 3 is 2.53 bits per heavy atom. The molecular weight excluding hydrogens is 393 g/mol. The van der Waals surface area contributed by atoms with E-state index in [-0.39, 0.29) is 5.91 Å². The van der Waals surface area contributed by atoms with Crippen LogP contribution in [0.2, 0.25) is 5.02 Å². The van der Waals surface area contributed by atoms with Crippen molar-refractivity contribution in [2.45, 2.75) is 6.92 Å². The third-order valence-corrected chi connectivity index (χ3v) is 4.29. The summed E-state index contributed by atoms with van der Waals surface area (Å²) in [5, 5.41) is 3.24. The van der Waals surface area contributed by atoms with Crippen LogP contribution in [0.25, 0.3) is 0 Å². The summed E-state index contributed by atoms with van der Waals surface area (Å²) in [5.41, 5.74) is 2.25. The van der Waals surface area contributed by atoms with Crippen LogP contribution >= 0.6 is 43.5 Å². The number of carbonyl (C=O) groups is 1. The summed E-state index contributed by atoms with van der Waals surface area (Å²) in [6.45, 7) is 1.96. The number of benzene rings is 2. The minimum Gasteiger partial charge on any atom is -0.322 e. The van der Waals surface area contributed by atoms with Crippen LogP contribution in [0.5, 0.6) is 0 Å². The van der Waals surface area contributed by atoms with Crippen molar-refractivity contribution in [1.29, 1.82) is 0 Å². The molecule has 0 heterocycles. The van der Waals surface area contributed by atoms with Crippen molar-refractivity contribution in [2.75, 3.05) is 5.32 Å². The zero-order valence-electron chi connectivity index (χ0n) is 10.0. The van der Waals surface area contributed by atoms with Crippen LogP contribution in [0.1, 0.15) is 15.9 Å². The molecule has 0 spiro atoms. The second kappa shape index (κ2) is 6.07. The molecular formula is C14H10Br2ClNO. The largest absolute Gasteiger partial charge is 0.322 e. The van der Waals surface area contributed by atoms with Gasteiger partial charge in [0.05, 0.1) is 10.6 Å². The van der Waals surface area contributed by atoms with E-state index >= 15 is 0 Å². The molecule has 0 aliphatic heterocycles. The predicted molar refractivity (Wildman–Crippen MR) is 86.0 cm³/mol. The van der Waals surface area contributed by atoms with Gasteiger partial charge in [-0.2, -0.15) is 0 Å². The monoisotopic (exact) mass is 401 g/mol. The minimum absolute atomic E-state index is 0.223. The number of hydrogen-bond donors (Lipinski definition) is 1. The average molecular weight is 404 g/mol. The maximum Gasteiger partial charge on any atom is 0.257 e. The second-order valence-corrected chi connectivity index (χ2v) is 6.22. The van der Waals surface area contributed by atoms with Crippen LogP contribution in [-0.4, -0.2) is 5.91 Å². The molecule has 0 aliphatic rings. The van der Waals surface area contributed by atoms with Gasteiger partial charge in [-0.05, 0) is 48.9 Å². The molecule has 19 heavy (non-hydrogen) atoms. The lowest BCUT2D eigenvalue weighted by atomic mass is 10.2. The molecule has 0 bridgehead atoms. The summed E-state index contributed by atoms with van der Waals surface area (Å²) in [7, 11) is 0. The van der Waals surface area contributed by atoms with E-state index in [4.69, 9.17) is 11.6 Å². The molecule has 1 amide bonds. The van der Waals surface area contributed by atoms with Gasteiger partial charge in [0.1, 0.15) is 0 Å². The first-order valence-electron chi connectivity index (χ1n) is 5.50. The number of amides is 1. The van der Waals surface area contributed by atoms with E-state index in [1.807, 2.05) is 25.1 Å². The summed E-state index contributed by atoms with van der Waals surface area (Å²) in [4.78, 5) is 12.1. The second-order valence-electron chi connectivity index (χ2n) is 4.04. The highest BCUT2D eigenvalue weighted by Crippen LogP contribution is 2.24. The molecule has 0 fully saturated rings. The number of halogens is 3. The number of nitrogens with one attached hydrogen (secondary N) is 1. The number of hydrogen-bond acceptors (Lipinski definition) is 1. The van der Waals surface area contributed by atoms with Crippen molar-refractivity contribution >= 4 is 55.1 Å². The SMILES string of the molecule is Cc1cc(NC(=O)c2ccc(Br)cc2Cl)ccc1Br. The molecule has 5 heteroatoms. The molecule has 2 aromatic rings. The molecule has 2 nitrogen and oxygen atoms in total. The maximum absolute atomic E-state index is 12.1. The molecule has 98 valence electrons. The zero-order chi connectivity index (χ0) is 14.0. The van der Waals surface area contributed by atoms with Crippen molar-refractivity contribution in [3.8, 4) is 0 Å². The van der Waals surface area contributed by atoms with Gasteiger partial charge >= 0.3 is 0 Å².